The van der Waals surface area contributed by atoms with Crippen LogP contribution in [0.4, 0.5) is 16.2 Å². The highest BCUT2D eigenvalue weighted by Gasteiger charge is 2.28. The minimum Gasteiger partial charge on any atom is -0.391 e. The van der Waals surface area contributed by atoms with Crippen molar-refractivity contribution in [2.24, 2.45) is 5.92 Å². The van der Waals surface area contributed by atoms with Crippen LogP contribution in [-0.2, 0) is 13.0 Å². The lowest BCUT2D eigenvalue weighted by molar-refractivity contribution is 0.130. The van der Waals surface area contributed by atoms with Crippen LogP contribution < -0.4 is 16.0 Å². The molecule has 1 saturated heterocycles. The highest BCUT2D eigenvalue weighted by molar-refractivity contribution is 6.13. The van der Waals surface area contributed by atoms with Crippen molar-refractivity contribution in [1.29, 1.82) is 5.41 Å². The van der Waals surface area contributed by atoms with Gasteiger partial charge in [-0.3, -0.25) is 4.90 Å². The first-order valence-corrected chi connectivity index (χ1v) is 12.1. The van der Waals surface area contributed by atoms with Crippen molar-refractivity contribution in [2.45, 2.75) is 32.9 Å². The Bertz CT molecular complexity index is 1240. The SMILES string of the molecule is CN/C(=C1/C=C(c2nc(Nc3ccc4c(n3)CCN(C3CNC3)C4)ncc2F)C=CC1=N)C(C)C. The quantitative estimate of drug-likeness (QED) is 0.510. The summed E-state index contributed by atoms with van der Waals surface area (Å²) in [6.07, 6.45) is 7.28. The normalized spacial score (nSPS) is 19.8. The summed E-state index contributed by atoms with van der Waals surface area (Å²) in [5.74, 6) is 0.607. The summed E-state index contributed by atoms with van der Waals surface area (Å²) in [5.41, 5.74) is 5.15. The van der Waals surface area contributed by atoms with Gasteiger partial charge in [-0.25, -0.2) is 19.3 Å². The number of pyridine rings is 1. The predicted molar refractivity (Wildman–Crippen MR) is 136 cm³/mol. The molecule has 2 aromatic rings. The van der Waals surface area contributed by atoms with E-state index in [9.17, 15) is 4.39 Å². The third-order valence-corrected chi connectivity index (χ3v) is 6.77. The van der Waals surface area contributed by atoms with E-state index in [0.717, 1.165) is 49.6 Å². The maximum Gasteiger partial charge on any atom is 0.229 e. The van der Waals surface area contributed by atoms with Crippen molar-refractivity contribution in [2.75, 3.05) is 32.0 Å². The Morgan fingerprint density at radius 3 is 2.77 bits per heavy atom. The number of rotatable bonds is 6. The smallest absolute Gasteiger partial charge is 0.229 e. The van der Waals surface area contributed by atoms with E-state index in [1.54, 1.807) is 12.2 Å². The third-order valence-electron chi connectivity index (χ3n) is 6.77. The largest absolute Gasteiger partial charge is 0.391 e. The fraction of sp³-hybridized carbons (Fsp3) is 0.385. The third kappa shape index (κ3) is 4.74. The summed E-state index contributed by atoms with van der Waals surface area (Å²) < 4.78 is 14.8. The minimum absolute atomic E-state index is 0.186. The van der Waals surface area contributed by atoms with Crippen LogP contribution in [0.25, 0.3) is 5.57 Å². The molecule has 2 aromatic heterocycles. The first-order valence-electron chi connectivity index (χ1n) is 12.1. The molecule has 0 saturated carbocycles. The molecule has 8 nitrogen and oxygen atoms in total. The van der Waals surface area contributed by atoms with Crippen molar-refractivity contribution in [3.63, 3.8) is 0 Å². The number of halogens is 1. The van der Waals surface area contributed by atoms with Gasteiger partial charge in [0.2, 0.25) is 5.95 Å². The Morgan fingerprint density at radius 2 is 2.06 bits per heavy atom. The zero-order valence-corrected chi connectivity index (χ0v) is 20.3. The zero-order chi connectivity index (χ0) is 24.5. The number of allylic oxidation sites excluding steroid dienone is 6. The summed E-state index contributed by atoms with van der Waals surface area (Å²) in [6, 6.07) is 4.66. The van der Waals surface area contributed by atoms with Gasteiger partial charge in [-0.15, -0.1) is 0 Å². The molecule has 0 spiro atoms. The molecular weight excluding hydrogens is 443 g/mol. The van der Waals surface area contributed by atoms with Crippen molar-refractivity contribution < 1.29 is 4.39 Å². The molecule has 0 unspecified atom stereocenters. The molecule has 2 aliphatic heterocycles. The molecule has 0 amide bonds. The molecule has 1 fully saturated rings. The number of fused-ring (bicyclic) bond motifs is 1. The summed E-state index contributed by atoms with van der Waals surface area (Å²) in [6.45, 7) is 8.15. The number of aromatic nitrogens is 3. The van der Waals surface area contributed by atoms with Gasteiger partial charge in [0.25, 0.3) is 0 Å². The molecule has 3 aliphatic rings. The van der Waals surface area contributed by atoms with Crippen molar-refractivity contribution in [3.05, 3.63) is 70.6 Å². The zero-order valence-electron chi connectivity index (χ0n) is 20.3. The number of nitrogens with zero attached hydrogens (tertiary/aromatic N) is 4. The molecule has 4 heterocycles. The van der Waals surface area contributed by atoms with Gasteiger partial charge >= 0.3 is 0 Å². The first-order chi connectivity index (χ1) is 16.9. The molecule has 9 heteroatoms. The molecule has 1 aliphatic carbocycles. The topological polar surface area (TPSA) is 102 Å². The summed E-state index contributed by atoms with van der Waals surface area (Å²) >= 11 is 0. The molecular formula is C26H31FN8. The van der Waals surface area contributed by atoms with Crippen molar-refractivity contribution in [1.82, 2.24) is 30.5 Å². The maximum absolute atomic E-state index is 14.8. The van der Waals surface area contributed by atoms with Crippen LogP contribution in [0.2, 0.25) is 0 Å². The van der Waals surface area contributed by atoms with Gasteiger partial charge in [0.15, 0.2) is 5.82 Å². The van der Waals surface area contributed by atoms with Gasteiger partial charge in [0.1, 0.15) is 11.5 Å². The second-order valence-corrected chi connectivity index (χ2v) is 9.43. The summed E-state index contributed by atoms with van der Waals surface area (Å²) in [4.78, 5) is 15.9. The lowest BCUT2D eigenvalue weighted by Crippen LogP contribution is -2.58. The predicted octanol–water partition coefficient (Wildman–Crippen LogP) is 3.19. The summed E-state index contributed by atoms with van der Waals surface area (Å²) in [7, 11) is 1.84. The lowest BCUT2D eigenvalue weighted by atomic mass is 9.93. The van der Waals surface area contributed by atoms with E-state index in [1.165, 1.54) is 11.8 Å². The van der Waals surface area contributed by atoms with E-state index in [4.69, 9.17) is 10.4 Å². The van der Waals surface area contributed by atoms with E-state index in [-0.39, 0.29) is 17.6 Å². The molecule has 182 valence electrons. The van der Waals surface area contributed by atoms with E-state index < -0.39 is 5.82 Å². The number of nitrogens with one attached hydrogen (secondary N) is 4. The van der Waals surface area contributed by atoms with E-state index in [0.29, 0.717) is 23.1 Å². The molecule has 35 heavy (non-hydrogen) atoms. The Labute approximate surface area is 205 Å². The van der Waals surface area contributed by atoms with Gasteiger partial charge in [-0.05, 0) is 29.7 Å². The number of hydrogen-bond acceptors (Lipinski definition) is 8. The monoisotopic (exact) mass is 474 g/mol. The van der Waals surface area contributed by atoms with Crippen LogP contribution in [0.15, 0.2) is 47.8 Å². The summed E-state index contributed by atoms with van der Waals surface area (Å²) in [5, 5.41) is 18.0. The van der Waals surface area contributed by atoms with Gasteiger partial charge in [-0.2, -0.15) is 0 Å². The number of anilines is 2. The van der Waals surface area contributed by atoms with Crippen LogP contribution in [0.3, 0.4) is 0 Å². The average molecular weight is 475 g/mol. The van der Waals surface area contributed by atoms with E-state index >= 15 is 0 Å². The molecule has 0 atom stereocenters. The van der Waals surface area contributed by atoms with Crippen molar-refractivity contribution in [3.8, 4) is 0 Å². The molecule has 0 aromatic carbocycles. The second-order valence-electron chi connectivity index (χ2n) is 9.43. The highest BCUT2D eigenvalue weighted by atomic mass is 19.1. The fourth-order valence-corrected chi connectivity index (χ4v) is 4.74. The molecule has 0 bridgehead atoms. The van der Waals surface area contributed by atoms with Crippen LogP contribution in [-0.4, -0.2) is 58.3 Å². The lowest BCUT2D eigenvalue weighted by Gasteiger charge is -2.40. The minimum atomic E-state index is -0.515. The van der Waals surface area contributed by atoms with Crippen LogP contribution in [0.1, 0.15) is 30.8 Å². The fourth-order valence-electron chi connectivity index (χ4n) is 4.74. The van der Waals surface area contributed by atoms with Gasteiger partial charge in [0.05, 0.1) is 11.9 Å². The first kappa shape index (κ1) is 23.3. The number of hydrogen-bond donors (Lipinski definition) is 4. The van der Waals surface area contributed by atoms with E-state index in [2.05, 4.69) is 50.7 Å². The van der Waals surface area contributed by atoms with Gasteiger partial charge in [0, 0.05) is 68.2 Å². The van der Waals surface area contributed by atoms with Crippen LogP contribution >= 0.6 is 0 Å². The Balaban J connectivity index is 1.39. The average Bonchev–Trinajstić information content (AvgIpc) is 2.81. The van der Waals surface area contributed by atoms with Crippen LogP contribution in [0, 0.1) is 17.1 Å². The standard InChI is InChI=1S/C26H31FN8/c1-15(2)24(29-3)19-10-16(4-6-21(19)28)25-20(27)13-31-26(34-25)33-23-7-5-17-14-35(18-11-30-12-18)9-8-22(17)32-23/h4-7,10,13,15,18,28-30H,8-9,11-12,14H2,1-3H3,(H,31,32,33,34)/b24-19-,28-21?. The van der Waals surface area contributed by atoms with Crippen LogP contribution in [0.5, 0.6) is 0 Å². The van der Waals surface area contributed by atoms with Crippen molar-refractivity contribution >= 4 is 23.1 Å². The molecule has 0 radical (unpaired) electrons. The van der Waals surface area contributed by atoms with E-state index in [1.807, 2.05) is 19.2 Å². The Kier molecular flexibility index (Phi) is 6.44. The molecule has 4 N–H and O–H groups in total. The maximum atomic E-state index is 14.8. The molecule has 5 rings (SSSR count). The second kappa shape index (κ2) is 9.67. The van der Waals surface area contributed by atoms with Gasteiger partial charge in [-0.1, -0.05) is 26.0 Å². The Morgan fingerprint density at radius 1 is 1.23 bits per heavy atom. The van der Waals surface area contributed by atoms with Gasteiger partial charge < -0.3 is 21.4 Å². The Hall–Kier alpha value is -3.43. The highest BCUT2D eigenvalue weighted by Crippen LogP contribution is 2.28.